The topological polar surface area (TPSA) is 44.8 Å². The second kappa shape index (κ2) is 9.32. The molecule has 1 aromatic rings. The van der Waals surface area contributed by atoms with Gasteiger partial charge in [0.15, 0.2) is 0 Å². The van der Waals surface area contributed by atoms with Crippen LogP contribution in [-0.2, 0) is 11.3 Å². The van der Waals surface area contributed by atoms with E-state index in [2.05, 4.69) is 34.2 Å². The van der Waals surface area contributed by atoms with Crippen molar-refractivity contribution in [3.05, 3.63) is 35.4 Å². The molecule has 3 rings (SSSR count). The summed E-state index contributed by atoms with van der Waals surface area (Å²) in [6.07, 6.45) is 2.64. The molecular formula is C20H31N3O2. The smallest absolute Gasteiger partial charge is 0.251 e. The van der Waals surface area contributed by atoms with Gasteiger partial charge in [0.2, 0.25) is 0 Å². The Morgan fingerprint density at radius 2 is 1.92 bits per heavy atom. The van der Waals surface area contributed by atoms with Crippen LogP contribution in [0.3, 0.4) is 0 Å². The second-order valence-electron chi connectivity index (χ2n) is 7.39. The minimum absolute atomic E-state index is 0.0198. The van der Waals surface area contributed by atoms with Gasteiger partial charge in [-0.3, -0.25) is 14.6 Å². The zero-order chi connectivity index (χ0) is 17.5. The van der Waals surface area contributed by atoms with Crippen molar-refractivity contribution in [2.75, 3.05) is 52.5 Å². The summed E-state index contributed by atoms with van der Waals surface area (Å²) in [5.41, 5.74) is 2.04. The lowest BCUT2D eigenvalue weighted by Gasteiger charge is -2.30. The molecule has 0 aliphatic carbocycles. The molecule has 0 bridgehead atoms. The number of nitrogens with one attached hydrogen (secondary N) is 1. The Morgan fingerprint density at radius 3 is 2.64 bits per heavy atom. The van der Waals surface area contributed by atoms with E-state index in [0.717, 1.165) is 50.9 Å². The Kier molecular flexibility index (Phi) is 6.84. The van der Waals surface area contributed by atoms with Crippen LogP contribution in [0.15, 0.2) is 24.3 Å². The Balaban J connectivity index is 1.42. The van der Waals surface area contributed by atoms with Crippen LogP contribution in [0.2, 0.25) is 0 Å². The number of hydrogen-bond donors (Lipinski definition) is 1. The third kappa shape index (κ3) is 5.80. The average molecular weight is 345 g/mol. The molecule has 0 spiro atoms. The number of amides is 1. The normalized spacial score (nSPS) is 22.7. The highest BCUT2D eigenvalue weighted by molar-refractivity contribution is 5.94. The van der Waals surface area contributed by atoms with Gasteiger partial charge >= 0.3 is 0 Å². The molecule has 25 heavy (non-hydrogen) atoms. The lowest BCUT2D eigenvalue weighted by molar-refractivity contribution is 0.0383. The second-order valence-corrected chi connectivity index (χ2v) is 7.39. The monoisotopic (exact) mass is 345 g/mol. The van der Waals surface area contributed by atoms with Gasteiger partial charge in [0.25, 0.3) is 5.91 Å². The summed E-state index contributed by atoms with van der Waals surface area (Å²) in [6, 6.07) is 8.09. The number of carbonyl (C=O) groups is 1. The van der Waals surface area contributed by atoms with Crippen molar-refractivity contribution in [3.8, 4) is 0 Å². The van der Waals surface area contributed by atoms with Crippen molar-refractivity contribution in [2.24, 2.45) is 5.92 Å². The van der Waals surface area contributed by atoms with Crippen LogP contribution in [-0.4, -0.2) is 68.2 Å². The molecule has 1 amide bonds. The quantitative estimate of drug-likeness (QED) is 0.856. The largest absolute Gasteiger partial charge is 0.379 e. The molecule has 2 saturated heterocycles. The van der Waals surface area contributed by atoms with Gasteiger partial charge in [0.05, 0.1) is 13.2 Å². The molecule has 1 atom stereocenters. The molecular weight excluding hydrogens is 314 g/mol. The van der Waals surface area contributed by atoms with E-state index in [4.69, 9.17) is 4.74 Å². The molecule has 0 saturated carbocycles. The van der Waals surface area contributed by atoms with Crippen LogP contribution in [0.4, 0.5) is 0 Å². The lowest BCUT2D eigenvalue weighted by Crippen LogP contribution is -2.41. The highest BCUT2D eigenvalue weighted by Gasteiger charge is 2.16. The lowest BCUT2D eigenvalue weighted by atomic mass is 9.99. The summed E-state index contributed by atoms with van der Waals surface area (Å²) in [5.74, 6) is 0.816. The molecule has 2 aliphatic heterocycles. The number of carbonyl (C=O) groups excluding carboxylic acids is 1. The van der Waals surface area contributed by atoms with Gasteiger partial charge in [0, 0.05) is 44.8 Å². The van der Waals surface area contributed by atoms with E-state index in [0.29, 0.717) is 6.54 Å². The summed E-state index contributed by atoms with van der Waals surface area (Å²) in [4.78, 5) is 17.1. The van der Waals surface area contributed by atoms with Crippen molar-refractivity contribution in [1.82, 2.24) is 15.1 Å². The number of piperidine rings is 1. The molecule has 2 heterocycles. The Labute approximate surface area is 151 Å². The minimum Gasteiger partial charge on any atom is -0.379 e. The van der Waals surface area contributed by atoms with E-state index in [1.54, 1.807) is 0 Å². The molecule has 2 aliphatic rings. The van der Waals surface area contributed by atoms with Gasteiger partial charge in [-0.2, -0.15) is 0 Å². The van der Waals surface area contributed by atoms with Crippen molar-refractivity contribution in [2.45, 2.75) is 26.3 Å². The zero-order valence-electron chi connectivity index (χ0n) is 15.4. The number of rotatable bonds is 6. The van der Waals surface area contributed by atoms with E-state index < -0.39 is 0 Å². The van der Waals surface area contributed by atoms with Crippen molar-refractivity contribution >= 4 is 5.91 Å². The van der Waals surface area contributed by atoms with Crippen molar-refractivity contribution in [1.29, 1.82) is 0 Å². The first-order valence-electron chi connectivity index (χ1n) is 9.60. The SMILES string of the molecule is C[C@H]1CCCN(Cc2ccc(C(=O)NCCN3CCOCC3)cc2)C1. The van der Waals surface area contributed by atoms with Crippen molar-refractivity contribution < 1.29 is 9.53 Å². The maximum Gasteiger partial charge on any atom is 0.251 e. The zero-order valence-corrected chi connectivity index (χ0v) is 15.4. The first kappa shape index (κ1) is 18.4. The van der Waals surface area contributed by atoms with Crippen LogP contribution in [0.1, 0.15) is 35.7 Å². The maximum atomic E-state index is 12.3. The van der Waals surface area contributed by atoms with Crippen LogP contribution < -0.4 is 5.32 Å². The predicted molar refractivity (Wildman–Crippen MR) is 99.7 cm³/mol. The molecule has 1 aromatic carbocycles. The van der Waals surface area contributed by atoms with Gasteiger partial charge in [-0.25, -0.2) is 0 Å². The molecule has 0 radical (unpaired) electrons. The summed E-state index contributed by atoms with van der Waals surface area (Å²) < 4.78 is 5.34. The molecule has 0 aromatic heterocycles. The minimum atomic E-state index is 0.0198. The molecule has 0 unspecified atom stereocenters. The standard InChI is InChI=1S/C20H31N3O2/c1-17-3-2-9-23(15-17)16-18-4-6-19(7-5-18)20(24)21-8-10-22-11-13-25-14-12-22/h4-7,17H,2-3,8-16H2,1H3,(H,21,24)/t17-/m0/s1. The summed E-state index contributed by atoms with van der Waals surface area (Å²) in [5, 5.41) is 3.02. The number of likely N-dealkylation sites (tertiary alicyclic amines) is 1. The number of benzene rings is 1. The van der Waals surface area contributed by atoms with Gasteiger partial charge in [-0.05, 0) is 43.0 Å². The van der Waals surface area contributed by atoms with E-state index in [1.165, 1.54) is 31.5 Å². The van der Waals surface area contributed by atoms with Crippen LogP contribution in [0.5, 0.6) is 0 Å². The Hall–Kier alpha value is -1.43. The van der Waals surface area contributed by atoms with Gasteiger partial charge in [-0.1, -0.05) is 19.1 Å². The van der Waals surface area contributed by atoms with Crippen molar-refractivity contribution in [3.63, 3.8) is 0 Å². The third-order valence-corrected chi connectivity index (χ3v) is 5.18. The highest BCUT2D eigenvalue weighted by atomic mass is 16.5. The van der Waals surface area contributed by atoms with Gasteiger partial charge < -0.3 is 10.1 Å². The number of nitrogens with zero attached hydrogens (tertiary/aromatic N) is 2. The molecule has 5 nitrogen and oxygen atoms in total. The fourth-order valence-corrected chi connectivity index (χ4v) is 3.70. The number of hydrogen-bond acceptors (Lipinski definition) is 4. The summed E-state index contributed by atoms with van der Waals surface area (Å²) in [7, 11) is 0. The van der Waals surface area contributed by atoms with E-state index in [-0.39, 0.29) is 5.91 Å². The van der Waals surface area contributed by atoms with Gasteiger partial charge in [-0.15, -0.1) is 0 Å². The predicted octanol–water partition coefficient (Wildman–Crippen LogP) is 1.98. The van der Waals surface area contributed by atoms with E-state index in [1.807, 2.05) is 12.1 Å². The summed E-state index contributed by atoms with van der Waals surface area (Å²) >= 11 is 0. The average Bonchev–Trinajstić information content (AvgIpc) is 2.63. The molecule has 1 N–H and O–H groups in total. The first-order chi connectivity index (χ1) is 12.2. The van der Waals surface area contributed by atoms with Gasteiger partial charge in [0.1, 0.15) is 0 Å². The van der Waals surface area contributed by atoms with Crippen LogP contribution in [0, 0.1) is 5.92 Å². The van der Waals surface area contributed by atoms with E-state index >= 15 is 0 Å². The highest BCUT2D eigenvalue weighted by Crippen LogP contribution is 2.18. The molecule has 2 fully saturated rings. The maximum absolute atomic E-state index is 12.3. The van der Waals surface area contributed by atoms with Crippen LogP contribution >= 0.6 is 0 Å². The first-order valence-corrected chi connectivity index (χ1v) is 9.60. The fraction of sp³-hybridized carbons (Fsp3) is 0.650. The van der Waals surface area contributed by atoms with E-state index in [9.17, 15) is 4.79 Å². The Morgan fingerprint density at radius 1 is 1.16 bits per heavy atom. The number of morpholine rings is 1. The molecule has 5 heteroatoms. The fourth-order valence-electron chi connectivity index (χ4n) is 3.70. The third-order valence-electron chi connectivity index (χ3n) is 5.18. The summed E-state index contributed by atoms with van der Waals surface area (Å²) in [6.45, 7) is 10.8. The number of ether oxygens (including phenoxy) is 1. The van der Waals surface area contributed by atoms with Crippen LogP contribution in [0.25, 0.3) is 0 Å². The Bertz CT molecular complexity index is 540. The molecule has 138 valence electrons.